The molecule has 0 saturated heterocycles. The molecule has 0 radical (unpaired) electrons. The molecular weight excluding hydrogens is 567 g/mol. The summed E-state index contributed by atoms with van der Waals surface area (Å²) in [7, 11) is 0. The molecule has 0 unspecified atom stereocenters. The van der Waals surface area contributed by atoms with Gasteiger partial charge < -0.3 is 4.90 Å². The fourth-order valence-electron chi connectivity index (χ4n) is 7.09. The van der Waals surface area contributed by atoms with Crippen molar-refractivity contribution in [3.63, 3.8) is 0 Å². The summed E-state index contributed by atoms with van der Waals surface area (Å²) in [4.78, 5) is 2.44. The van der Waals surface area contributed by atoms with E-state index in [-0.39, 0.29) is 0 Å². The highest BCUT2D eigenvalue weighted by Gasteiger charge is 2.20. The molecule has 9 rings (SSSR count). The molecule has 0 saturated carbocycles. The van der Waals surface area contributed by atoms with Gasteiger partial charge in [-0.15, -0.1) is 0 Å². The van der Waals surface area contributed by atoms with Crippen LogP contribution in [0.3, 0.4) is 0 Å². The molecule has 0 aromatic heterocycles. The SMILES string of the molecule is c1ccc(-c2cccc(N(c3ccc(-c4ccc5ccccc5c4)cc3)c3cc4ccccc4c4ccc5ccccc5c34)c2)cc1. The van der Waals surface area contributed by atoms with Crippen molar-refractivity contribution in [2.45, 2.75) is 0 Å². The lowest BCUT2D eigenvalue weighted by Crippen LogP contribution is -2.11. The van der Waals surface area contributed by atoms with E-state index < -0.39 is 0 Å². The standard InChI is InChI=1S/C46H31N/c1-2-11-32(12-3-1)37-17-10-18-41(30-37)47(40-26-23-34(24-27-40)38-22-21-33-13-4-5-15-36(33)29-38)45-31-39-16-7-8-19-42(39)44-28-25-35-14-6-9-20-43(35)46(44)45/h1-31H. The number of benzene rings is 9. The van der Waals surface area contributed by atoms with Gasteiger partial charge in [0, 0.05) is 16.8 Å². The summed E-state index contributed by atoms with van der Waals surface area (Å²) >= 11 is 0. The second kappa shape index (κ2) is 11.3. The maximum atomic E-state index is 2.44. The predicted molar refractivity (Wildman–Crippen MR) is 202 cm³/mol. The lowest BCUT2D eigenvalue weighted by molar-refractivity contribution is 1.30. The third-order valence-electron chi connectivity index (χ3n) is 9.39. The lowest BCUT2D eigenvalue weighted by atomic mass is 9.94. The summed E-state index contributed by atoms with van der Waals surface area (Å²) in [6.45, 7) is 0. The average molecular weight is 598 g/mol. The van der Waals surface area contributed by atoms with E-state index in [0.29, 0.717) is 0 Å². The number of rotatable bonds is 5. The molecule has 0 fully saturated rings. The van der Waals surface area contributed by atoms with Crippen LogP contribution in [0.1, 0.15) is 0 Å². The Morgan fingerprint density at radius 1 is 0.277 bits per heavy atom. The number of fused-ring (bicyclic) bond motifs is 6. The van der Waals surface area contributed by atoms with E-state index in [0.717, 1.165) is 11.4 Å². The fourth-order valence-corrected chi connectivity index (χ4v) is 7.09. The Morgan fingerprint density at radius 3 is 1.70 bits per heavy atom. The van der Waals surface area contributed by atoms with Crippen LogP contribution in [-0.2, 0) is 0 Å². The molecule has 1 heteroatoms. The maximum Gasteiger partial charge on any atom is 0.0552 e. The van der Waals surface area contributed by atoms with Crippen LogP contribution >= 0.6 is 0 Å². The van der Waals surface area contributed by atoms with Crippen molar-refractivity contribution in [3.8, 4) is 22.3 Å². The Labute approximate surface area is 274 Å². The zero-order valence-electron chi connectivity index (χ0n) is 25.8. The van der Waals surface area contributed by atoms with Crippen LogP contribution in [0.2, 0.25) is 0 Å². The first-order valence-electron chi connectivity index (χ1n) is 16.2. The highest BCUT2D eigenvalue weighted by molar-refractivity contribution is 6.23. The highest BCUT2D eigenvalue weighted by atomic mass is 15.1. The highest BCUT2D eigenvalue weighted by Crippen LogP contribution is 2.45. The molecule has 0 bridgehead atoms. The van der Waals surface area contributed by atoms with E-state index in [1.165, 1.54) is 71.0 Å². The number of nitrogens with zero attached hydrogens (tertiary/aromatic N) is 1. The minimum Gasteiger partial charge on any atom is -0.310 e. The van der Waals surface area contributed by atoms with E-state index in [4.69, 9.17) is 0 Å². The van der Waals surface area contributed by atoms with Crippen LogP contribution < -0.4 is 4.90 Å². The molecule has 0 atom stereocenters. The molecule has 0 aliphatic heterocycles. The van der Waals surface area contributed by atoms with Crippen LogP contribution in [0.25, 0.3) is 65.3 Å². The number of hydrogen-bond donors (Lipinski definition) is 0. The van der Waals surface area contributed by atoms with Crippen molar-refractivity contribution in [1.29, 1.82) is 0 Å². The quantitative estimate of drug-likeness (QED) is 0.178. The summed E-state index contributed by atoms with van der Waals surface area (Å²) in [5.41, 5.74) is 8.21. The van der Waals surface area contributed by atoms with Crippen molar-refractivity contribution >= 4 is 60.2 Å². The van der Waals surface area contributed by atoms with E-state index in [2.05, 4.69) is 193 Å². The minimum atomic E-state index is 1.12. The summed E-state index contributed by atoms with van der Waals surface area (Å²) in [6.07, 6.45) is 0. The first-order chi connectivity index (χ1) is 23.3. The molecule has 0 aliphatic carbocycles. The van der Waals surface area contributed by atoms with E-state index in [1.807, 2.05) is 0 Å². The third-order valence-corrected chi connectivity index (χ3v) is 9.39. The van der Waals surface area contributed by atoms with Gasteiger partial charge in [-0.05, 0) is 96.4 Å². The molecule has 0 heterocycles. The van der Waals surface area contributed by atoms with Gasteiger partial charge in [0.05, 0.1) is 5.69 Å². The molecule has 47 heavy (non-hydrogen) atoms. The maximum absolute atomic E-state index is 2.44. The monoisotopic (exact) mass is 597 g/mol. The molecule has 0 N–H and O–H groups in total. The molecule has 0 amide bonds. The predicted octanol–water partition coefficient (Wildman–Crippen LogP) is 13.1. The molecule has 1 nitrogen and oxygen atoms in total. The Kier molecular flexibility index (Phi) is 6.54. The Bertz CT molecular complexity index is 2560. The Balaban J connectivity index is 1.29. The first kappa shape index (κ1) is 27.2. The van der Waals surface area contributed by atoms with Crippen molar-refractivity contribution in [2.24, 2.45) is 0 Å². The van der Waals surface area contributed by atoms with Gasteiger partial charge in [-0.2, -0.15) is 0 Å². The zero-order chi connectivity index (χ0) is 31.2. The average Bonchev–Trinajstić information content (AvgIpc) is 3.15. The molecule has 0 aliphatic rings. The van der Waals surface area contributed by atoms with Crippen LogP contribution in [0.4, 0.5) is 17.1 Å². The Morgan fingerprint density at radius 2 is 0.872 bits per heavy atom. The van der Waals surface area contributed by atoms with E-state index in [1.54, 1.807) is 0 Å². The van der Waals surface area contributed by atoms with E-state index >= 15 is 0 Å². The number of hydrogen-bond acceptors (Lipinski definition) is 1. The van der Waals surface area contributed by atoms with Gasteiger partial charge in [-0.3, -0.25) is 0 Å². The third kappa shape index (κ3) is 4.81. The minimum absolute atomic E-state index is 1.12. The Hall–Kier alpha value is -6.18. The largest absolute Gasteiger partial charge is 0.310 e. The van der Waals surface area contributed by atoms with Gasteiger partial charge in [-0.1, -0.05) is 152 Å². The zero-order valence-corrected chi connectivity index (χ0v) is 25.8. The van der Waals surface area contributed by atoms with Crippen LogP contribution in [0.15, 0.2) is 188 Å². The fraction of sp³-hybridized carbons (Fsp3) is 0. The van der Waals surface area contributed by atoms with Crippen LogP contribution in [0, 0.1) is 0 Å². The number of anilines is 3. The molecular formula is C46H31N. The van der Waals surface area contributed by atoms with Crippen molar-refractivity contribution in [1.82, 2.24) is 0 Å². The summed E-state index contributed by atoms with van der Waals surface area (Å²) in [5.74, 6) is 0. The normalized spacial score (nSPS) is 11.4. The van der Waals surface area contributed by atoms with Gasteiger partial charge >= 0.3 is 0 Å². The summed E-state index contributed by atoms with van der Waals surface area (Å²) < 4.78 is 0. The lowest BCUT2D eigenvalue weighted by Gasteiger charge is -2.29. The molecule has 220 valence electrons. The second-order valence-corrected chi connectivity index (χ2v) is 12.2. The second-order valence-electron chi connectivity index (χ2n) is 12.2. The molecule has 9 aromatic carbocycles. The van der Waals surface area contributed by atoms with Crippen molar-refractivity contribution in [2.75, 3.05) is 4.90 Å². The summed E-state index contributed by atoms with van der Waals surface area (Å²) in [6, 6.07) is 68.3. The smallest absolute Gasteiger partial charge is 0.0552 e. The van der Waals surface area contributed by atoms with Gasteiger partial charge in [0.25, 0.3) is 0 Å². The van der Waals surface area contributed by atoms with Gasteiger partial charge in [-0.25, -0.2) is 0 Å². The van der Waals surface area contributed by atoms with Gasteiger partial charge in [0.1, 0.15) is 0 Å². The van der Waals surface area contributed by atoms with Crippen LogP contribution in [0.5, 0.6) is 0 Å². The van der Waals surface area contributed by atoms with Gasteiger partial charge in [0.2, 0.25) is 0 Å². The molecule has 9 aromatic rings. The first-order valence-corrected chi connectivity index (χ1v) is 16.2. The van der Waals surface area contributed by atoms with Crippen LogP contribution in [-0.4, -0.2) is 0 Å². The molecule has 0 spiro atoms. The van der Waals surface area contributed by atoms with Crippen molar-refractivity contribution < 1.29 is 0 Å². The topological polar surface area (TPSA) is 3.24 Å². The van der Waals surface area contributed by atoms with E-state index in [9.17, 15) is 0 Å². The van der Waals surface area contributed by atoms with Crippen molar-refractivity contribution in [3.05, 3.63) is 188 Å². The van der Waals surface area contributed by atoms with Gasteiger partial charge in [0.15, 0.2) is 0 Å². The summed E-state index contributed by atoms with van der Waals surface area (Å²) in [5, 5.41) is 10.0.